The lowest BCUT2D eigenvalue weighted by molar-refractivity contribution is -0.114. The number of allylic oxidation sites excluding steroid dienone is 1. The van der Waals surface area contributed by atoms with Gasteiger partial charge in [-0.05, 0) is 47.0 Å². The predicted octanol–water partition coefficient (Wildman–Crippen LogP) is 4.58. The standard InChI is InChI=1S/C24H20N4O/c1-15(29)27-19-5-3-4-16(10-19)18-11-21-20(7-9-22(21)25-13-18)17-6-8-23-24(12-17)28(2)14-26-23/h3-8,10-14H,9H2,1-2H3,(H,27,29). The van der Waals surface area contributed by atoms with Gasteiger partial charge in [-0.1, -0.05) is 24.3 Å². The van der Waals surface area contributed by atoms with Crippen LogP contribution < -0.4 is 5.32 Å². The third kappa shape index (κ3) is 3.10. The number of nitrogens with zero attached hydrogens (tertiary/aromatic N) is 3. The van der Waals surface area contributed by atoms with Crippen LogP contribution in [0.2, 0.25) is 0 Å². The molecule has 5 nitrogen and oxygen atoms in total. The molecule has 2 aromatic heterocycles. The molecule has 0 atom stereocenters. The number of hydrogen-bond acceptors (Lipinski definition) is 3. The number of nitrogens with one attached hydrogen (secondary N) is 1. The van der Waals surface area contributed by atoms with Crippen molar-refractivity contribution in [2.24, 2.45) is 7.05 Å². The number of aromatic nitrogens is 3. The van der Waals surface area contributed by atoms with E-state index >= 15 is 0 Å². The number of aryl methyl sites for hydroxylation is 1. The minimum atomic E-state index is -0.0787. The van der Waals surface area contributed by atoms with Crippen molar-refractivity contribution in [3.63, 3.8) is 0 Å². The quantitative estimate of drug-likeness (QED) is 0.566. The van der Waals surface area contributed by atoms with Crippen LogP contribution in [0.25, 0.3) is 27.7 Å². The lowest BCUT2D eigenvalue weighted by atomic mass is 9.97. The van der Waals surface area contributed by atoms with Crippen molar-refractivity contribution in [3.05, 3.63) is 84.0 Å². The Morgan fingerprint density at radius 2 is 1.93 bits per heavy atom. The molecule has 1 N–H and O–H groups in total. The van der Waals surface area contributed by atoms with Gasteiger partial charge in [-0.2, -0.15) is 0 Å². The molecule has 2 heterocycles. The second-order valence-electron chi connectivity index (χ2n) is 7.36. The van der Waals surface area contributed by atoms with Gasteiger partial charge in [0.1, 0.15) is 0 Å². The molecule has 0 spiro atoms. The Morgan fingerprint density at radius 1 is 1.03 bits per heavy atom. The normalized spacial score (nSPS) is 12.7. The fourth-order valence-electron chi connectivity index (χ4n) is 3.90. The van der Waals surface area contributed by atoms with Crippen LogP contribution >= 0.6 is 0 Å². The molecule has 5 heteroatoms. The van der Waals surface area contributed by atoms with E-state index in [1.807, 2.05) is 48.4 Å². The number of benzene rings is 2. The van der Waals surface area contributed by atoms with Gasteiger partial charge >= 0.3 is 0 Å². The Bertz CT molecular complexity index is 1300. The first kappa shape index (κ1) is 17.4. The van der Waals surface area contributed by atoms with Crippen molar-refractivity contribution in [1.29, 1.82) is 0 Å². The molecule has 4 aromatic rings. The Hall–Kier alpha value is -3.73. The third-order valence-corrected chi connectivity index (χ3v) is 5.31. The first-order valence-corrected chi connectivity index (χ1v) is 9.57. The van der Waals surface area contributed by atoms with Gasteiger partial charge < -0.3 is 9.88 Å². The third-order valence-electron chi connectivity index (χ3n) is 5.31. The van der Waals surface area contributed by atoms with Crippen molar-refractivity contribution in [2.75, 3.05) is 5.32 Å². The van der Waals surface area contributed by atoms with Crippen molar-refractivity contribution >= 4 is 28.2 Å². The minimum absolute atomic E-state index is 0.0787. The molecule has 29 heavy (non-hydrogen) atoms. The molecule has 0 fully saturated rings. The molecule has 0 bridgehead atoms. The van der Waals surface area contributed by atoms with Gasteiger partial charge in [0.05, 0.1) is 23.1 Å². The summed E-state index contributed by atoms with van der Waals surface area (Å²) in [4.78, 5) is 20.5. The molecular formula is C24H20N4O. The van der Waals surface area contributed by atoms with E-state index in [4.69, 9.17) is 4.98 Å². The van der Waals surface area contributed by atoms with Crippen molar-refractivity contribution in [1.82, 2.24) is 14.5 Å². The molecule has 1 aliphatic rings. The summed E-state index contributed by atoms with van der Waals surface area (Å²) < 4.78 is 2.04. The molecule has 142 valence electrons. The van der Waals surface area contributed by atoms with Crippen LogP contribution in [-0.2, 0) is 18.3 Å². The number of carbonyl (C=O) groups is 1. The Kier molecular flexibility index (Phi) is 4.02. The van der Waals surface area contributed by atoms with Crippen molar-refractivity contribution in [3.8, 4) is 11.1 Å². The molecule has 1 aliphatic carbocycles. The zero-order valence-electron chi connectivity index (χ0n) is 16.3. The number of pyridine rings is 1. The van der Waals surface area contributed by atoms with E-state index < -0.39 is 0 Å². The molecule has 0 aliphatic heterocycles. The van der Waals surface area contributed by atoms with E-state index in [1.54, 1.807) is 0 Å². The van der Waals surface area contributed by atoms with E-state index in [9.17, 15) is 4.79 Å². The maximum Gasteiger partial charge on any atom is 0.221 e. The highest BCUT2D eigenvalue weighted by atomic mass is 16.1. The van der Waals surface area contributed by atoms with Gasteiger partial charge in [-0.25, -0.2) is 4.98 Å². The van der Waals surface area contributed by atoms with Gasteiger partial charge in [0.15, 0.2) is 0 Å². The van der Waals surface area contributed by atoms with Gasteiger partial charge in [0.2, 0.25) is 5.91 Å². The highest BCUT2D eigenvalue weighted by Crippen LogP contribution is 2.35. The van der Waals surface area contributed by atoms with Crippen LogP contribution in [0.15, 0.2) is 67.1 Å². The predicted molar refractivity (Wildman–Crippen MR) is 115 cm³/mol. The summed E-state index contributed by atoms with van der Waals surface area (Å²) in [6.45, 7) is 1.51. The van der Waals surface area contributed by atoms with Crippen LogP contribution in [-0.4, -0.2) is 20.4 Å². The van der Waals surface area contributed by atoms with Crippen LogP contribution in [0.5, 0.6) is 0 Å². The number of rotatable bonds is 3. The van der Waals surface area contributed by atoms with Crippen LogP contribution in [0, 0.1) is 0 Å². The summed E-state index contributed by atoms with van der Waals surface area (Å²) in [5.41, 5.74) is 9.58. The Labute approximate surface area is 168 Å². The van der Waals surface area contributed by atoms with Gasteiger partial charge in [0.25, 0.3) is 0 Å². The zero-order valence-corrected chi connectivity index (χ0v) is 16.3. The van der Waals surface area contributed by atoms with Crippen LogP contribution in [0.3, 0.4) is 0 Å². The molecule has 5 rings (SSSR count). The van der Waals surface area contributed by atoms with Crippen molar-refractivity contribution in [2.45, 2.75) is 13.3 Å². The van der Waals surface area contributed by atoms with E-state index in [0.29, 0.717) is 0 Å². The largest absolute Gasteiger partial charge is 0.334 e. The van der Waals surface area contributed by atoms with E-state index in [-0.39, 0.29) is 5.91 Å². The molecule has 0 saturated heterocycles. The minimum Gasteiger partial charge on any atom is -0.334 e. The molecular weight excluding hydrogens is 360 g/mol. The number of carbonyl (C=O) groups excluding carboxylic acids is 1. The van der Waals surface area contributed by atoms with E-state index in [1.165, 1.54) is 18.1 Å². The topological polar surface area (TPSA) is 59.8 Å². The van der Waals surface area contributed by atoms with Gasteiger partial charge in [-0.3, -0.25) is 9.78 Å². The Balaban J connectivity index is 1.55. The van der Waals surface area contributed by atoms with E-state index in [0.717, 1.165) is 45.5 Å². The molecule has 0 saturated carbocycles. The fourth-order valence-corrected chi connectivity index (χ4v) is 3.90. The van der Waals surface area contributed by atoms with Crippen LogP contribution in [0.1, 0.15) is 23.7 Å². The second kappa shape index (κ2) is 6.71. The number of amides is 1. The second-order valence-corrected chi connectivity index (χ2v) is 7.36. The summed E-state index contributed by atoms with van der Waals surface area (Å²) in [6.07, 6.45) is 6.83. The lowest BCUT2D eigenvalue weighted by Crippen LogP contribution is -2.05. The monoisotopic (exact) mass is 380 g/mol. The zero-order chi connectivity index (χ0) is 20.0. The summed E-state index contributed by atoms with van der Waals surface area (Å²) in [5, 5.41) is 2.84. The molecule has 1 amide bonds. The molecule has 0 unspecified atom stereocenters. The van der Waals surface area contributed by atoms with Crippen molar-refractivity contribution < 1.29 is 4.79 Å². The maximum absolute atomic E-state index is 11.4. The number of hydrogen-bond donors (Lipinski definition) is 1. The highest BCUT2D eigenvalue weighted by molar-refractivity contribution is 5.91. The maximum atomic E-state index is 11.4. The summed E-state index contributed by atoms with van der Waals surface area (Å²) in [6, 6.07) is 16.4. The van der Waals surface area contributed by atoms with Gasteiger partial charge in [-0.15, -0.1) is 0 Å². The average Bonchev–Trinajstić information content (AvgIpc) is 3.30. The fraction of sp³-hybridized carbons (Fsp3) is 0.125. The smallest absolute Gasteiger partial charge is 0.221 e. The summed E-state index contributed by atoms with van der Waals surface area (Å²) in [7, 11) is 2.01. The van der Waals surface area contributed by atoms with E-state index in [2.05, 4.69) is 40.6 Å². The Morgan fingerprint density at radius 3 is 2.79 bits per heavy atom. The first-order valence-electron chi connectivity index (χ1n) is 9.57. The number of imidazole rings is 1. The molecule has 0 radical (unpaired) electrons. The average molecular weight is 380 g/mol. The number of anilines is 1. The molecule has 2 aromatic carbocycles. The summed E-state index contributed by atoms with van der Waals surface area (Å²) >= 11 is 0. The number of fused-ring (bicyclic) bond motifs is 2. The SMILES string of the molecule is CC(=O)Nc1cccc(-c2cnc3c(c2)C(c2ccc4ncn(C)c4c2)=CC3)c1. The van der Waals surface area contributed by atoms with Crippen LogP contribution in [0.4, 0.5) is 5.69 Å². The van der Waals surface area contributed by atoms with Gasteiger partial charge in [0, 0.05) is 43.4 Å². The first-order chi connectivity index (χ1) is 14.1. The lowest BCUT2D eigenvalue weighted by Gasteiger charge is -2.10. The highest BCUT2D eigenvalue weighted by Gasteiger charge is 2.19. The summed E-state index contributed by atoms with van der Waals surface area (Å²) in [5.74, 6) is -0.0787.